The molecule has 1 saturated carbocycles. The van der Waals surface area contributed by atoms with Crippen LogP contribution in [-0.4, -0.2) is 53.8 Å². The van der Waals surface area contributed by atoms with Crippen LogP contribution in [0, 0.1) is 17.3 Å². The van der Waals surface area contributed by atoms with Gasteiger partial charge in [0.15, 0.2) is 0 Å². The average Bonchev–Trinajstić information content (AvgIpc) is 3.51. The third-order valence-electron chi connectivity index (χ3n) is 6.81. The number of benzene rings is 1. The second-order valence-corrected chi connectivity index (χ2v) is 9.24. The smallest absolute Gasteiger partial charge is 0.228 e. The highest BCUT2D eigenvalue weighted by Gasteiger charge is 2.46. The molecule has 1 aliphatic heterocycles. The molecule has 0 spiro atoms. The summed E-state index contributed by atoms with van der Waals surface area (Å²) in [5, 5.41) is 0. The van der Waals surface area contributed by atoms with Crippen LogP contribution in [0.25, 0.3) is 11.1 Å². The molecule has 2 aromatic rings. The van der Waals surface area contributed by atoms with Crippen molar-refractivity contribution in [2.24, 2.45) is 17.3 Å². The minimum Gasteiger partial charge on any atom is -0.348 e. The Morgan fingerprint density at radius 3 is 2.30 bits per heavy atom. The molecule has 0 bridgehead atoms. The number of hydrogen-bond acceptors (Lipinski definition) is 3. The molecule has 0 radical (unpaired) electrons. The molecule has 5 heteroatoms. The Labute approximate surface area is 179 Å². The van der Waals surface area contributed by atoms with E-state index in [1.165, 1.54) is 0 Å². The van der Waals surface area contributed by atoms with Gasteiger partial charge in [0.25, 0.3) is 0 Å². The molecule has 2 heterocycles. The lowest BCUT2D eigenvalue weighted by atomic mass is 9.72. The maximum Gasteiger partial charge on any atom is 0.228 e. The molecule has 1 aliphatic carbocycles. The van der Waals surface area contributed by atoms with Crippen LogP contribution < -0.4 is 0 Å². The minimum absolute atomic E-state index is 0.172. The van der Waals surface area contributed by atoms with Crippen LogP contribution in [0.1, 0.15) is 31.7 Å². The fourth-order valence-electron chi connectivity index (χ4n) is 4.74. The van der Waals surface area contributed by atoms with Gasteiger partial charge in [-0.05, 0) is 54.4 Å². The first-order valence-electron chi connectivity index (χ1n) is 10.9. The van der Waals surface area contributed by atoms with Crippen LogP contribution in [0.4, 0.5) is 0 Å². The predicted molar refractivity (Wildman–Crippen MR) is 118 cm³/mol. The first-order chi connectivity index (χ1) is 14.4. The largest absolute Gasteiger partial charge is 0.348 e. The summed E-state index contributed by atoms with van der Waals surface area (Å²) >= 11 is 0. The molecule has 1 aromatic heterocycles. The molecule has 2 aliphatic rings. The van der Waals surface area contributed by atoms with Crippen molar-refractivity contribution in [3.8, 4) is 11.1 Å². The van der Waals surface area contributed by atoms with Crippen molar-refractivity contribution in [1.82, 2.24) is 14.8 Å². The SMILES string of the molecule is C[C@@H]1C[C@@H]1C(=O)N1CCC(Cc2ccc(-c3cccnc3)cc2)(C(=O)N(C)C)CC1. The number of hydrogen-bond donors (Lipinski definition) is 0. The van der Waals surface area contributed by atoms with E-state index in [0.29, 0.717) is 25.4 Å². The number of likely N-dealkylation sites (tertiary alicyclic amines) is 1. The lowest BCUT2D eigenvalue weighted by molar-refractivity contribution is -0.146. The molecule has 1 saturated heterocycles. The lowest BCUT2D eigenvalue weighted by Gasteiger charge is -2.42. The van der Waals surface area contributed by atoms with Gasteiger partial charge in [-0.15, -0.1) is 0 Å². The van der Waals surface area contributed by atoms with Gasteiger partial charge in [-0.1, -0.05) is 37.3 Å². The number of carbonyl (C=O) groups is 2. The molecule has 2 fully saturated rings. The highest BCUT2D eigenvalue weighted by atomic mass is 16.2. The number of rotatable bonds is 5. The Balaban J connectivity index is 1.49. The summed E-state index contributed by atoms with van der Waals surface area (Å²) < 4.78 is 0. The number of aromatic nitrogens is 1. The van der Waals surface area contributed by atoms with Crippen molar-refractivity contribution in [2.75, 3.05) is 27.2 Å². The summed E-state index contributed by atoms with van der Waals surface area (Å²) in [4.78, 5) is 33.7. The van der Waals surface area contributed by atoms with Gasteiger partial charge in [-0.3, -0.25) is 14.6 Å². The Hall–Kier alpha value is -2.69. The van der Waals surface area contributed by atoms with Gasteiger partial charge in [-0.25, -0.2) is 0 Å². The number of piperidine rings is 1. The Morgan fingerprint density at radius 2 is 1.77 bits per heavy atom. The van der Waals surface area contributed by atoms with E-state index < -0.39 is 5.41 Å². The molecular weight excluding hydrogens is 374 g/mol. The van der Waals surface area contributed by atoms with E-state index >= 15 is 0 Å². The molecule has 0 N–H and O–H groups in total. The fourth-order valence-corrected chi connectivity index (χ4v) is 4.74. The third-order valence-corrected chi connectivity index (χ3v) is 6.81. The number of amides is 2. The summed E-state index contributed by atoms with van der Waals surface area (Å²) in [6.07, 6.45) is 6.80. The third kappa shape index (κ3) is 4.11. The second kappa shape index (κ2) is 8.21. The highest BCUT2D eigenvalue weighted by molar-refractivity contribution is 5.84. The number of carbonyl (C=O) groups excluding carboxylic acids is 2. The first kappa shape index (κ1) is 20.6. The minimum atomic E-state index is -0.439. The van der Waals surface area contributed by atoms with Gasteiger partial charge in [0.2, 0.25) is 11.8 Å². The quantitative estimate of drug-likeness (QED) is 0.763. The molecule has 1 aromatic carbocycles. The summed E-state index contributed by atoms with van der Waals surface area (Å²) in [6, 6.07) is 12.4. The van der Waals surface area contributed by atoms with E-state index in [1.807, 2.05) is 37.3 Å². The van der Waals surface area contributed by atoms with Gasteiger partial charge in [0.1, 0.15) is 0 Å². The van der Waals surface area contributed by atoms with E-state index in [-0.39, 0.29) is 17.7 Å². The molecule has 0 unspecified atom stereocenters. The summed E-state index contributed by atoms with van der Waals surface area (Å²) in [5.41, 5.74) is 2.93. The van der Waals surface area contributed by atoms with Crippen LogP contribution in [0.15, 0.2) is 48.8 Å². The molecule has 30 heavy (non-hydrogen) atoms. The molecule has 158 valence electrons. The van der Waals surface area contributed by atoms with Gasteiger partial charge in [0, 0.05) is 45.5 Å². The molecular formula is C25H31N3O2. The normalized spacial score (nSPS) is 22.4. The summed E-state index contributed by atoms with van der Waals surface area (Å²) in [6.45, 7) is 3.49. The summed E-state index contributed by atoms with van der Waals surface area (Å²) in [7, 11) is 3.66. The van der Waals surface area contributed by atoms with Crippen LogP contribution in [-0.2, 0) is 16.0 Å². The standard InChI is InChI=1S/C25H31N3O2/c1-18-15-22(18)23(29)28-13-10-25(11-14-28,24(30)27(2)3)16-19-6-8-20(9-7-19)21-5-4-12-26-17-21/h4-9,12,17-18,22H,10-11,13-16H2,1-3H3/t18-,22+/m1/s1. The molecule has 5 nitrogen and oxygen atoms in total. The van der Waals surface area contributed by atoms with E-state index in [4.69, 9.17) is 0 Å². The van der Waals surface area contributed by atoms with Gasteiger partial charge < -0.3 is 9.80 Å². The molecule has 2 amide bonds. The van der Waals surface area contributed by atoms with Crippen molar-refractivity contribution in [3.05, 3.63) is 54.4 Å². The number of pyridine rings is 1. The Bertz CT molecular complexity index is 900. The molecule has 4 rings (SSSR count). The monoisotopic (exact) mass is 405 g/mol. The Kier molecular flexibility index (Phi) is 5.63. The second-order valence-electron chi connectivity index (χ2n) is 9.24. The maximum atomic E-state index is 13.2. The van der Waals surface area contributed by atoms with Crippen molar-refractivity contribution in [3.63, 3.8) is 0 Å². The topological polar surface area (TPSA) is 53.5 Å². The van der Waals surface area contributed by atoms with Gasteiger partial charge in [0.05, 0.1) is 5.41 Å². The number of nitrogens with zero attached hydrogens (tertiary/aromatic N) is 3. The van der Waals surface area contributed by atoms with Crippen LogP contribution in [0.2, 0.25) is 0 Å². The van der Waals surface area contributed by atoms with Crippen LogP contribution in [0.5, 0.6) is 0 Å². The molecule has 2 atom stereocenters. The van der Waals surface area contributed by atoms with Gasteiger partial charge in [-0.2, -0.15) is 0 Å². The first-order valence-corrected chi connectivity index (χ1v) is 10.9. The zero-order chi connectivity index (χ0) is 21.3. The van der Waals surface area contributed by atoms with Crippen molar-refractivity contribution in [2.45, 2.75) is 32.6 Å². The lowest BCUT2D eigenvalue weighted by Crippen LogP contribution is -2.51. The van der Waals surface area contributed by atoms with Crippen molar-refractivity contribution < 1.29 is 9.59 Å². The zero-order valence-corrected chi connectivity index (χ0v) is 18.2. The van der Waals surface area contributed by atoms with Crippen molar-refractivity contribution >= 4 is 11.8 Å². The fraction of sp³-hybridized carbons (Fsp3) is 0.480. The average molecular weight is 406 g/mol. The zero-order valence-electron chi connectivity index (χ0n) is 18.2. The van der Waals surface area contributed by atoms with E-state index in [1.54, 1.807) is 11.1 Å². The van der Waals surface area contributed by atoms with Gasteiger partial charge >= 0.3 is 0 Å². The van der Waals surface area contributed by atoms with E-state index in [2.05, 4.69) is 36.2 Å². The Morgan fingerprint density at radius 1 is 1.10 bits per heavy atom. The van der Waals surface area contributed by atoms with Crippen LogP contribution >= 0.6 is 0 Å². The predicted octanol–water partition coefficient (Wildman–Crippen LogP) is 3.64. The van der Waals surface area contributed by atoms with E-state index in [0.717, 1.165) is 36.0 Å². The van der Waals surface area contributed by atoms with Crippen LogP contribution in [0.3, 0.4) is 0 Å². The van der Waals surface area contributed by atoms with Crippen molar-refractivity contribution in [1.29, 1.82) is 0 Å². The van der Waals surface area contributed by atoms with E-state index in [9.17, 15) is 9.59 Å². The summed E-state index contributed by atoms with van der Waals surface area (Å²) in [5.74, 6) is 1.19. The highest BCUT2D eigenvalue weighted by Crippen LogP contribution is 2.42. The maximum absolute atomic E-state index is 13.2.